The highest BCUT2D eigenvalue weighted by Gasteiger charge is 2.16. The van der Waals surface area contributed by atoms with Crippen LogP contribution < -0.4 is 20.2 Å². The molecule has 2 amide bonds. The molecular formula is C15H13N3O5. The molecule has 0 unspecified atom stereocenters. The Morgan fingerprint density at radius 2 is 2.09 bits per heavy atom. The molecular weight excluding hydrogens is 302 g/mol. The molecule has 3 rings (SSSR count). The molecule has 8 nitrogen and oxygen atoms in total. The average Bonchev–Trinajstić information content (AvgIpc) is 3.23. The van der Waals surface area contributed by atoms with Crippen molar-refractivity contribution >= 4 is 18.0 Å². The van der Waals surface area contributed by atoms with E-state index in [-0.39, 0.29) is 13.3 Å². The quantitative estimate of drug-likeness (QED) is 0.630. The maximum absolute atomic E-state index is 12.0. The highest BCUT2D eigenvalue weighted by molar-refractivity contribution is 5.97. The molecule has 0 spiro atoms. The Balaban J connectivity index is 1.47. The number of hydrogen-bond donors (Lipinski definition) is 2. The van der Waals surface area contributed by atoms with E-state index < -0.39 is 11.8 Å². The van der Waals surface area contributed by atoms with E-state index in [1.807, 2.05) is 0 Å². The number of hydrazone groups is 1. The summed E-state index contributed by atoms with van der Waals surface area (Å²) in [6.07, 6.45) is 2.85. The maximum Gasteiger partial charge on any atom is 0.259 e. The fourth-order valence-corrected chi connectivity index (χ4v) is 1.87. The fourth-order valence-electron chi connectivity index (χ4n) is 1.87. The molecule has 2 aromatic rings. The van der Waals surface area contributed by atoms with Gasteiger partial charge < -0.3 is 19.2 Å². The molecule has 1 aromatic heterocycles. The van der Waals surface area contributed by atoms with Crippen LogP contribution in [0, 0.1) is 0 Å². The molecule has 0 aliphatic carbocycles. The van der Waals surface area contributed by atoms with Gasteiger partial charge in [-0.15, -0.1) is 0 Å². The highest BCUT2D eigenvalue weighted by atomic mass is 16.7. The van der Waals surface area contributed by atoms with Crippen LogP contribution >= 0.6 is 0 Å². The van der Waals surface area contributed by atoms with Crippen molar-refractivity contribution in [3.8, 4) is 11.5 Å². The largest absolute Gasteiger partial charge is 0.463 e. The summed E-state index contributed by atoms with van der Waals surface area (Å²) in [5.41, 5.74) is 2.66. The number of nitrogens with zero attached hydrogens (tertiary/aromatic N) is 1. The van der Waals surface area contributed by atoms with E-state index in [0.29, 0.717) is 22.8 Å². The molecule has 2 heterocycles. The van der Waals surface area contributed by atoms with E-state index in [4.69, 9.17) is 13.9 Å². The van der Waals surface area contributed by atoms with Crippen LogP contribution in [-0.2, 0) is 4.79 Å². The van der Waals surface area contributed by atoms with Gasteiger partial charge in [-0.3, -0.25) is 9.59 Å². The molecule has 0 saturated heterocycles. The van der Waals surface area contributed by atoms with Crippen molar-refractivity contribution in [3.63, 3.8) is 0 Å². The average molecular weight is 315 g/mol. The Labute approximate surface area is 131 Å². The van der Waals surface area contributed by atoms with Gasteiger partial charge in [0.25, 0.3) is 11.8 Å². The van der Waals surface area contributed by atoms with Crippen LogP contribution in [0.15, 0.2) is 46.1 Å². The minimum Gasteiger partial charge on any atom is -0.463 e. The van der Waals surface area contributed by atoms with Gasteiger partial charge in [0.05, 0.1) is 19.0 Å². The first-order chi connectivity index (χ1) is 11.2. The van der Waals surface area contributed by atoms with E-state index >= 15 is 0 Å². The van der Waals surface area contributed by atoms with E-state index in [2.05, 4.69) is 15.8 Å². The Hall–Kier alpha value is -3.29. The number of fused-ring (bicyclic) bond motifs is 1. The number of carbonyl (C=O) groups is 2. The summed E-state index contributed by atoms with van der Waals surface area (Å²) in [5.74, 6) is 0.752. The third kappa shape index (κ3) is 3.67. The Kier molecular flexibility index (Phi) is 4.23. The number of rotatable bonds is 5. The van der Waals surface area contributed by atoms with Gasteiger partial charge in [0.1, 0.15) is 5.76 Å². The molecule has 0 fully saturated rings. The summed E-state index contributed by atoms with van der Waals surface area (Å²) >= 11 is 0. The van der Waals surface area contributed by atoms with E-state index in [0.717, 1.165) is 0 Å². The third-order valence-electron chi connectivity index (χ3n) is 2.97. The van der Waals surface area contributed by atoms with Gasteiger partial charge in [-0.2, -0.15) is 5.10 Å². The van der Waals surface area contributed by atoms with E-state index in [1.54, 1.807) is 30.3 Å². The van der Waals surface area contributed by atoms with Crippen LogP contribution in [0.1, 0.15) is 16.1 Å². The highest BCUT2D eigenvalue weighted by Crippen LogP contribution is 2.32. The van der Waals surface area contributed by atoms with Crippen molar-refractivity contribution in [1.29, 1.82) is 0 Å². The van der Waals surface area contributed by atoms with Gasteiger partial charge in [-0.25, -0.2) is 5.43 Å². The summed E-state index contributed by atoms with van der Waals surface area (Å²) in [5, 5.41) is 6.19. The predicted octanol–water partition coefficient (Wildman–Crippen LogP) is 0.888. The standard InChI is InChI=1S/C15H13N3O5/c19-14(18-17-7-11-2-1-5-21-11)8-16-15(20)10-3-4-12-13(6-10)23-9-22-12/h1-7H,8-9H2,(H,16,20)(H,18,19)/b17-7+. The van der Waals surface area contributed by atoms with Crippen molar-refractivity contribution < 1.29 is 23.5 Å². The molecule has 0 atom stereocenters. The van der Waals surface area contributed by atoms with E-state index in [1.165, 1.54) is 12.5 Å². The molecule has 0 bridgehead atoms. The second-order valence-electron chi connectivity index (χ2n) is 4.56. The number of amides is 2. The number of nitrogens with one attached hydrogen (secondary N) is 2. The van der Waals surface area contributed by atoms with Gasteiger partial charge in [0, 0.05) is 5.56 Å². The first-order valence-corrected chi connectivity index (χ1v) is 6.75. The summed E-state index contributed by atoms with van der Waals surface area (Å²) in [6.45, 7) is -0.0702. The lowest BCUT2D eigenvalue weighted by Gasteiger charge is -2.05. The fraction of sp³-hybridized carbons (Fsp3) is 0.133. The van der Waals surface area contributed by atoms with Crippen LogP contribution in [0.5, 0.6) is 11.5 Å². The van der Waals surface area contributed by atoms with Crippen LogP contribution in [-0.4, -0.2) is 31.4 Å². The second kappa shape index (κ2) is 6.65. The smallest absolute Gasteiger partial charge is 0.259 e. The number of furan rings is 1. The van der Waals surface area contributed by atoms with Crippen molar-refractivity contribution in [3.05, 3.63) is 47.9 Å². The first kappa shape index (κ1) is 14.6. The van der Waals surface area contributed by atoms with Crippen molar-refractivity contribution in [2.75, 3.05) is 13.3 Å². The predicted molar refractivity (Wildman–Crippen MR) is 79.3 cm³/mol. The number of carbonyl (C=O) groups excluding carboxylic acids is 2. The van der Waals surface area contributed by atoms with Gasteiger partial charge in [0.2, 0.25) is 6.79 Å². The topological polar surface area (TPSA) is 102 Å². The molecule has 1 aromatic carbocycles. The molecule has 8 heteroatoms. The molecule has 1 aliphatic rings. The Morgan fingerprint density at radius 1 is 1.22 bits per heavy atom. The van der Waals surface area contributed by atoms with Crippen LogP contribution in [0.3, 0.4) is 0 Å². The maximum atomic E-state index is 12.0. The second-order valence-corrected chi connectivity index (χ2v) is 4.56. The third-order valence-corrected chi connectivity index (χ3v) is 2.97. The normalized spacial score (nSPS) is 12.3. The number of hydrogen-bond acceptors (Lipinski definition) is 6. The first-order valence-electron chi connectivity index (χ1n) is 6.75. The molecule has 0 radical (unpaired) electrons. The van der Waals surface area contributed by atoms with Crippen LogP contribution in [0.2, 0.25) is 0 Å². The van der Waals surface area contributed by atoms with Crippen molar-refractivity contribution in [1.82, 2.24) is 10.7 Å². The zero-order valence-electron chi connectivity index (χ0n) is 11.9. The van der Waals surface area contributed by atoms with Gasteiger partial charge in [-0.1, -0.05) is 0 Å². The molecule has 23 heavy (non-hydrogen) atoms. The van der Waals surface area contributed by atoms with Crippen molar-refractivity contribution in [2.24, 2.45) is 5.10 Å². The van der Waals surface area contributed by atoms with E-state index in [9.17, 15) is 9.59 Å². The van der Waals surface area contributed by atoms with Gasteiger partial charge >= 0.3 is 0 Å². The lowest BCUT2D eigenvalue weighted by molar-refractivity contribution is -0.120. The SMILES string of the molecule is O=C(CNC(=O)c1ccc2c(c1)OCO2)N/N=C/c1ccco1. The number of ether oxygens (including phenoxy) is 2. The lowest BCUT2D eigenvalue weighted by atomic mass is 10.2. The summed E-state index contributed by atoms with van der Waals surface area (Å²) in [7, 11) is 0. The molecule has 0 saturated carbocycles. The Bertz CT molecular complexity index is 740. The van der Waals surface area contributed by atoms with Crippen LogP contribution in [0.4, 0.5) is 0 Å². The molecule has 118 valence electrons. The zero-order valence-corrected chi connectivity index (χ0v) is 11.9. The lowest BCUT2D eigenvalue weighted by Crippen LogP contribution is -2.34. The minimum atomic E-state index is -0.457. The zero-order chi connectivity index (χ0) is 16.1. The summed E-state index contributed by atoms with van der Waals surface area (Å²) in [4.78, 5) is 23.5. The molecule has 2 N–H and O–H groups in total. The molecule has 1 aliphatic heterocycles. The van der Waals surface area contributed by atoms with Crippen molar-refractivity contribution in [2.45, 2.75) is 0 Å². The van der Waals surface area contributed by atoms with Gasteiger partial charge in [0.15, 0.2) is 11.5 Å². The van der Waals surface area contributed by atoms with Gasteiger partial charge in [-0.05, 0) is 30.3 Å². The number of benzene rings is 1. The summed E-state index contributed by atoms with van der Waals surface area (Å²) < 4.78 is 15.4. The summed E-state index contributed by atoms with van der Waals surface area (Å²) in [6, 6.07) is 8.19. The monoisotopic (exact) mass is 315 g/mol. The minimum absolute atomic E-state index is 0.135. The van der Waals surface area contributed by atoms with Crippen LogP contribution in [0.25, 0.3) is 0 Å². The Morgan fingerprint density at radius 3 is 2.91 bits per heavy atom.